The van der Waals surface area contributed by atoms with Gasteiger partial charge in [-0.3, -0.25) is 4.79 Å². The highest BCUT2D eigenvalue weighted by Gasteiger charge is 2.19. The van der Waals surface area contributed by atoms with Crippen LogP contribution in [0.3, 0.4) is 0 Å². The number of carbonyl (C=O) groups excluding carboxylic acids is 1. The van der Waals surface area contributed by atoms with Gasteiger partial charge < -0.3 is 15.7 Å². The number of amides is 1. The van der Waals surface area contributed by atoms with Crippen LogP contribution in [0.5, 0.6) is 0 Å². The molecule has 0 saturated carbocycles. The Hall–Kier alpha value is -0.200. The van der Waals surface area contributed by atoms with Gasteiger partial charge in [0.25, 0.3) is 0 Å². The fourth-order valence-electron chi connectivity index (χ4n) is 1.24. The predicted molar refractivity (Wildman–Crippen MR) is 63.1 cm³/mol. The predicted octanol–water partition coefficient (Wildman–Crippen LogP) is 0.670. The summed E-state index contributed by atoms with van der Waals surface area (Å²) < 4.78 is 0. The summed E-state index contributed by atoms with van der Waals surface area (Å²) in [6.45, 7) is 2.38. The normalized spacial score (nSPS) is 15.7. The number of rotatable bonds is 4. The molecule has 1 aliphatic heterocycles. The smallest absolute Gasteiger partial charge is 0.236 e. The van der Waals surface area contributed by atoms with Crippen molar-refractivity contribution < 1.29 is 9.90 Å². The molecule has 0 atom stereocenters. The third-order valence-corrected chi connectivity index (χ3v) is 3.25. The fraction of sp³-hybridized carbons (Fsp3) is 0.625. The van der Waals surface area contributed by atoms with Crippen molar-refractivity contribution in [2.24, 2.45) is 5.73 Å². The number of allylic oxidation sites excluding steroid dienone is 1. The van der Waals surface area contributed by atoms with Gasteiger partial charge in [0.15, 0.2) is 0 Å². The molecule has 0 unspecified atom stereocenters. The minimum Gasteiger partial charge on any atom is -0.396 e. The zero-order valence-electron chi connectivity index (χ0n) is 8.02. The van der Waals surface area contributed by atoms with Crippen molar-refractivity contribution in [1.82, 2.24) is 4.90 Å². The van der Waals surface area contributed by atoms with Crippen molar-refractivity contribution in [3.05, 3.63) is 10.6 Å². The molecule has 1 amide bonds. The van der Waals surface area contributed by atoms with E-state index in [1.807, 2.05) is 11.8 Å². The van der Waals surface area contributed by atoms with Gasteiger partial charge in [0.2, 0.25) is 5.91 Å². The first-order valence-corrected chi connectivity index (χ1v) is 5.10. The Labute approximate surface area is 98.3 Å². The topological polar surface area (TPSA) is 66.6 Å². The number of primary amides is 1. The number of thioether (sulfide) groups is 1. The Balaban J connectivity index is 0.00000169. The number of carbonyl (C=O) groups is 1. The van der Waals surface area contributed by atoms with Gasteiger partial charge in [-0.25, -0.2) is 0 Å². The maximum atomic E-state index is 10.7. The van der Waals surface area contributed by atoms with E-state index in [1.165, 1.54) is 0 Å². The van der Waals surface area contributed by atoms with Crippen LogP contribution in [0.15, 0.2) is 10.6 Å². The molecule has 0 fully saturated rings. The Morgan fingerprint density at radius 1 is 1.71 bits per heavy atom. The van der Waals surface area contributed by atoms with Gasteiger partial charge in [-0.1, -0.05) is 0 Å². The molecule has 1 heterocycles. The minimum absolute atomic E-state index is 0. The molecule has 6 heteroatoms. The van der Waals surface area contributed by atoms with Crippen LogP contribution in [0.2, 0.25) is 0 Å². The molecule has 1 rings (SSSR count). The third-order valence-electron chi connectivity index (χ3n) is 1.96. The minimum atomic E-state index is -0.315. The summed E-state index contributed by atoms with van der Waals surface area (Å²) in [6.07, 6.45) is 0.672. The molecule has 3 N–H and O–H groups in total. The third kappa shape index (κ3) is 3.51. The number of hydrogen-bond acceptors (Lipinski definition) is 4. The molecule has 0 aromatic rings. The number of hydrogen-bond donors (Lipinski definition) is 2. The Morgan fingerprint density at radius 2 is 2.36 bits per heavy atom. The number of aliphatic hydroxyl groups is 1. The first-order chi connectivity index (χ1) is 6.15. The van der Waals surface area contributed by atoms with Crippen LogP contribution in [-0.2, 0) is 4.79 Å². The Morgan fingerprint density at radius 3 is 2.86 bits per heavy atom. The van der Waals surface area contributed by atoms with E-state index in [2.05, 4.69) is 0 Å². The van der Waals surface area contributed by atoms with Gasteiger partial charge >= 0.3 is 0 Å². The second kappa shape index (κ2) is 6.31. The molecular formula is C8H15BrN2O2S. The van der Waals surface area contributed by atoms with Crippen molar-refractivity contribution in [3.63, 3.8) is 0 Å². The van der Waals surface area contributed by atoms with Crippen LogP contribution < -0.4 is 5.73 Å². The summed E-state index contributed by atoms with van der Waals surface area (Å²) in [5.74, 6) is 0.453. The van der Waals surface area contributed by atoms with Gasteiger partial charge in [0.05, 0.1) is 12.4 Å². The molecule has 14 heavy (non-hydrogen) atoms. The van der Waals surface area contributed by atoms with Crippen LogP contribution in [0.25, 0.3) is 0 Å². The molecule has 0 aliphatic carbocycles. The zero-order valence-corrected chi connectivity index (χ0v) is 10.6. The quantitative estimate of drug-likeness (QED) is 0.796. The van der Waals surface area contributed by atoms with E-state index in [9.17, 15) is 4.79 Å². The molecule has 0 bridgehead atoms. The summed E-state index contributed by atoms with van der Waals surface area (Å²) in [7, 11) is 0. The van der Waals surface area contributed by atoms with Crippen LogP contribution >= 0.6 is 28.7 Å². The second-order valence-corrected chi connectivity index (χ2v) is 3.96. The zero-order chi connectivity index (χ0) is 9.84. The summed E-state index contributed by atoms with van der Waals surface area (Å²) >= 11 is 1.66. The van der Waals surface area contributed by atoms with Gasteiger partial charge in [0, 0.05) is 23.6 Å². The molecule has 0 aromatic carbocycles. The standard InChI is InChI=1S/C8H14N2O2S.BrH/c1-6-7(2-3-11)13-5-10(6)4-8(9)12;/h11H,2-5H2,1H3,(H2,9,12);1H. The van der Waals surface area contributed by atoms with E-state index >= 15 is 0 Å². The number of nitrogens with zero attached hydrogens (tertiary/aromatic N) is 1. The van der Waals surface area contributed by atoms with Crippen LogP contribution in [0, 0.1) is 0 Å². The fourth-order valence-corrected chi connectivity index (χ4v) is 2.41. The van der Waals surface area contributed by atoms with Crippen molar-refractivity contribution in [3.8, 4) is 0 Å². The van der Waals surface area contributed by atoms with Crippen LogP contribution in [0.4, 0.5) is 0 Å². The number of nitrogens with two attached hydrogens (primary N) is 1. The Bertz CT molecular complexity index is 245. The maximum absolute atomic E-state index is 10.7. The van der Waals surface area contributed by atoms with Gasteiger partial charge in [-0.05, 0) is 6.92 Å². The lowest BCUT2D eigenvalue weighted by Gasteiger charge is -2.16. The lowest BCUT2D eigenvalue weighted by atomic mass is 10.3. The molecule has 0 saturated heterocycles. The number of aliphatic hydroxyl groups excluding tert-OH is 1. The molecule has 0 spiro atoms. The van der Waals surface area contributed by atoms with E-state index in [1.54, 1.807) is 11.8 Å². The first-order valence-electron chi connectivity index (χ1n) is 4.11. The van der Waals surface area contributed by atoms with E-state index in [-0.39, 0.29) is 36.0 Å². The molecule has 4 nitrogen and oxygen atoms in total. The monoisotopic (exact) mass is 282 g/mol. The van der Waals surface area contributed by atoms with Crippen molar-refractivity contribution in [2.75, 3.05) is 19.0 Å². The molecule has 0 radical (unpaired) electrons. The van der Waals surface area contributed by atoms with Crippen molar-refractivity contribution in [2.45, 2.75) is 13.3 Å². The molecule has 0 aromatic heterocycles. The van der Waals surface area contributed by atoms with Crippen LogP contribution in [0.1, 0.15) is 13.3 Å². The van der Waals surface area contributed by atoms with Crippen LogP contribution in [-0.4, -0.2) is 34.9 Å². The van der Waals surface area contributed by atoms with E-state index in [4.69, 9.17) is 10.8 Å². The first kappa shape index (κ1) is 13.8. The van der Waals surface area contributed by atoms with E-state index in [0.717, 1.165) is 16.5 Å². The largest absolute Gasteiger partial charge is 0.396 e. The molecule has 1 aliphatic rings. The number of halogens is 1. The van der Waals surface area contributed by atoms with Gasteiger partial charge in [-0.2, -0.15) is 0 Å². The Kier molecular flexibility index (Phi) is 6.22. The summed E-state index contributed by atoms with van der Waals surface area (Å²) in [6, 6.07) is 0. The van der Waals surface area contributed by atoms with Crippen molar-refractivity contribution in [1.29, 1.82) is 0 Å². The highest BCUT2D eigenvalue weighted by atomic mass is 79.9. The maximum Gasteiger partial charge on any atom is 0.236 e. The van der Waals surface area contributed by atoms with E-state index in [0.29, 0.717) is 6.42 Å². The van der Waals surface area contributed by atoms with E-state index < -0.39 is 0 Å². The second-order valence-electron chi connectivity index (χ2n) is 2.92. The van der Waals surface area contributed by atoms with Crippen molar-refractivity contribution >= 4 is 34.7 Å². The highest BCUT2D eigenvalue weighted by Crippen LogP contribution is 2.33. The van der Waals surface area contributed by atoms with Gasteiger partial charge in [-0.15, -0.1) is 28.7 Å². The summed E-state index contributed by atoms with van der Waals surface area (Å²) in [5.41, 5.74) is 6.16. The lowest BCUT2D eigenvalue weighted by molar-refractivity contribution is -0.118. The van der Waals surface area contributed by atoms with Gasteiger partial charge in [0.1, 0.15) is 0 Å². The lowest BCUT2D eigenvalue weighted by Crippen LogP contribution is -2.30. The summed E-state index contributed by atoms with van der Waals surface area (Å²) in [5, 5.41) is 8.75. The summed E-state index contributed by atoms with van der Waals surface area (Å²) in [4.78, 5) is 13.7. The molecule has 82 valence electrons. The molecular weight excluding hydrogens is 268 g/mol. The highest BCUT2D eigenvalue weighted by molar-refractivity contribution is 8.93. The average Bonchev–Trinajstić information content (AvgIpc) is 2.36. The average molecular weight is 283 g/mol. The SMILES string of the molecule is Br.CC1=C(CCO)SCN1CC(N)=O.